The number of esters is 2. The second-order valence-electron chi connectivity index (χ2n) is 16.9. The predicted octanol–water partition coefficient (Wildman–Crippen LogP) is 6.93. The highest BCUT2D eigenvalue weighted by Crippen LogP contribution is 2.67. The van der Waals surface area contributed by atoms with Gasteiger partial charge in [-0.15, -0.1) is 11.3 Å². The van der Waals surface area contributed by atoms with Gasteiger partial charge in [-0.05, 0) is 109 Å². The Morgan fingerprint density at radius 2 is 1.57 bits per heavy atom. The lowest BCUT2D eigenvalue weighted by Crippen LogP contribution is -2.58. The standard InChI is InChI=1S/C40H49F2N4O10PS/c1-38(2,3)36(50)53-22-55-57(52,56-23-54-37(51)39(4,5)6)40(41,42)27-12-15-31-25(17-27)18-32(58-31)33(47)44-29-11-7-10-28-13-14-30(46(28)34(29)48)35(49)45-20-26(21-45)24-9-8-16-43-19-24/h8-9,12,15-19,26,28-30H,7,10-11,13-14,20-23H2,1-6H3,(H,44,47)/t28-,29-,30-/m0/s1. The molecular formula is C40H49F2N4O10PS. The minimum atomic E-state index is -5.57. The van der Waals surface area contributed by atoms with Crippen molar-refractivity contribution >= 4 is 58.7 Å². The van der Waals surface area contributed by atoms with Gasteiger partial charge in [-0.3, -0.25) is 42.6 Å². The zero-order valence-electron chi connectivity index (χ0n) is 33.3. The van der Waals surface area contributed by atoms with E-state index in [-0.39, 0.29) is 34.0 Å². The van der Waals surface area contributed by atoms with Crippen molar-refractivity contribution in [3.8, 4) is 0 Å². The number of likely N-dealkylation sites (tertiary alicyclic amines) is 1. The molecule has 3 saturated heterocycles. The van der Waals surface area contributed by atoms with E-state index in [4.69, 9.17) is 18.5 Å². The zero-order chi connectivity index (χ0) is 42.2. The van der Waals surface area contributed by atoms with Crippen molar-refractivity contribution in [1.29, 1.82) is 0 Å². The average Bonchev–Trinajstić information content (AvgIpc) is 3.74. The van der Waals surface area contributed by atoms with Crippen molar-refractivity contribution in [2.75, 3.05) is 26.7 Å². The summed E-state index contributed by atoms with van der Waals surface area (Å²) in [7, 11) is -5.57. The van der Waals surface area contributed by atoms with Crippen LogP contribution in [0.1, 0.15) is 100 Å². The molecule has 0 saturated carbocycles. The molecule has 1 aromatic carbocycles. The van der Waals surface area contributed by atoms with Crippen LogP contribution in [0, 0.1) is 10.8 Å². The molecule has 6 rings (SSSR count). The van der Waals surface area contributed by atoms with Crippen LogP contribution in [0.2, 0.25) is 0 Å². The summed E-state index contributed by atoms with van der Waals surface area (Å²) < 4.78 is 66.5. The van der Waals surface area contributed by atoms with Crippen molar-refractivity contribution in [1.82, 2.24) is 20.1 Å². The Kier molecular flexibility index (Phi) is 12.5. The van der Waals surface area contributed by atoms with E-state index in [0.29, 0.717) is 49.9 Å². The third-order valence-electron chi connectivity index (χ3n) is 10.5. The van der Waals surface area contributed by atoms with Gasteiger partial charge in [-0.1, -0.05) is 12.1 Å². The number of carbonyl (C=O) groups is 5. The number of hydrogen-bond donors (Lipinski definition) is 1. The Balaban J connectivity index is 1.15. The lowest BCUT2D eigenvalue weighted by Gasteiger charge is -2.42. The second kappa shape index (κ2) is 16.7. The number of carbonyl (C=O) groups excluding carboxylic acids is 5. The molecule has 5 heterocycles. The van der Waals surface area contributed by atoms with E-state index in [2.05, 4.69) is 10.3 Å². The number of nitrogens with one attached hydrogen (secondary N) is 1. The molecule has 0 aliphatic carbocycles. The number of hydrogen-bond acceptors (Lipinski definition) is 12. The summed E-state index contributed by atoms with van der Waals surface area (Å²) >= 11 is 1.01. The number of halogens is 2. The van der Waals surface area contributed by atoms with Crippen LogP contribution >= 0.6 is 18.9 Å². The van der Waals surface area contributed by atoms with E-state index in [1.165, 1.54) is 53.7 Å². The maximum absolute atomic E-state index is 16.2. The van der Waals surface area contributed by atoms with Gasteiger partial charge in [0.1, 0.15) is 12.1 Å². The highest BCUT2D eigenvalue weighted by atomic mass is 32.1. The molecule has 0 radical (unpaired) electrons. The van der Waals surface area contributed by atoms with E-state index >= 15 is 8.78 Å². The molecule has 0 unspecified atom stereocenters. The third kappa shape index (κ3) is 9.12. The molecule has 14 nitrogen and oxygen atoms in total. The van der Waals surface area contributed by atoms with Gasteiger partial charge < -0.3 is 24.6 Å². The van der Waals surface area contributed by atoms with Crippen molar-refractivity contribution < 1.29 is 55.8 Å². The Hall–Kier alpha value is -4.31. The Morgan fingerprint density at radius 3 is 2.17 bits per heavy atom. The number of benzene rings is 1. The van der Waals surface area contributed by atoms with E-state index in [1.807, 2.05) is 12.1 Å². The minimum absolute atomic E-state index is 0.0997. The monoisotopic (exact) mass is 846 g/mol. The smallest absolute Gasteiger partial charge is 0.410 e. The predicted molar refractivity (Wildman–Crippen MR) is 209 cm³/mol. The van der Waals surface area contributed by atoms with Crippen molar-refractivity contribution in [2.24, 2.45) is 10.8 Å². The molecule has 2 aromatic heterocycles. The van der Waals surface area contributed by atoms with Crippen LogP contribution < -0.4 is 5.32 Å². The lowest BCUT2D eigenvalue weighted by atomic mass is 9.92. The lowest BCUT2D eigenvalue weighted by molar-refractivity contribution is -0.163. The van der Waals surface area contributed by atoms with Crippen molar-refractivity contribution in [3.05, 3.63) is 64.8 Å². The minimum Gasteiger partial charge on any atom is -0.438 e. The van der Waals surface area contributed by atoms with Crippen LogP contribution in [0.5, 0.6) is 0 Å². The maximum atomic E-state index is 16.2. The van der Waals surface area contributed by atoms with Gasteiger partial charge >= 0.3 is 25.2 Å². The van der Waals surface area contributed by atoms with Crippen molar-refractivity contribution in [3.63, 3.8) is 0 Å². The number of ether oxygens (including phenoxy) is 2. The van der Waals surface area contributed by atoms with Gasteiger partial charge in [0.05, 0.1) is 15.7 Å². The number of aromatic nitrogens is 1. The number of amides is 3. The van der Waals surface area contributed by atoms with Crippen LogP contribution in [-0.2, 0) is 47.9 Å². The molecule has 314 valence electrons. The molecule has 0 spiro atoms. The largest absolute Gasteiger partial charge is 0.438 e. The molecule has 3 aliphatic heterocycles. The molecule has 0 bridgehead atoms. The van der Waals surface area contributed by atoms with E-state index in [1.54, 1.807) is 22.2 Å². The summed E-state index contributed by atoms with van der Waals surface area (Å²) in [6.45, 7) is 7.98. The topological polar surface area (TPSA) is 171 Å². The highest BCUT2D eigenvalue weighted by molar-refractivity contribution is 7.54. The fourth-order valence-corrected chi connectivity index (χ4v) is 9.28. The van der Waals surface area contributed by atoms with Crippen LogP contribution in [0.15, 0.2) is 48.8 Å². The highest BCUT2D eigenvalue weighted by Gasteiger charge is 2.56. The van der Waals surface area contributed by atoms with Gasteiger partial charge in [0.25, 0.3) is 5.91 Å². The molecule has 3 aliphatic rings. The number of thiophene rings is 1. The molecule has 3 atom stereocenters. The Bertz CT molecular complexity index is 2060. The molecule has 1 N–H and O–H groups in total. The fraction of sp³-hybridized carbons (Fsp3) is 0.550. The van der Waals surface area contributed by atoms with Gasteiger partial charge in [0.2, 0.25) is 25.4 Å². The van der Waals surface area contributed by atoms with Gasteiger partial charge in [-0.25, -0.2) is 0 Å². The molecule has 3 fully saturated rings. The maximum Gasteiger partial charge on any atom is 0.410 e. The first-order valence-electron chi connectivity index (χ1n) is 19.2. The molecular weight excluding hydrogens is 797 g/mol. The first-order chi connectivity index (χ1) is 27.2. The summed E-state index contributed by atoms with van der Waals surface area (Å²) in [5.41, 5.74) is -6.13. The van der Waals surface area contributed by atoms with Crippen LogP contribution in [0.4, 0.5) is 8.78 Å². The van der Waals surface area contributed by atoms with Crippen LogP contribution in [0.25, 0.3) is 10.1 Å². The van der Waals surface area contributed by atoms with E-state index < -0.39 is 73.2 Å². The van der Waals surface area contributed by atoms with Gasteiger partial charge in [0, 0.05) is 47.7 Å². The average molecular weight is 847 g/mol. The zero-order valence-corrected chi connectivity index (χ0v) is 35.0. The number of rotatable bonds is 12. The number of nitrogens with zero attached hydrogens (tertiary/aromatic N) is 3. The van der Waals surface area contributed by atoms with Crippen LogP contribution in [-0.4, -0.2) is 89.2 Å². The van der Waals surface area contributed by atoms with Crippen LogP contribution in [0.3, 0.4) is 0 Å². The quantitative estimate of drug-likeness (QED) is 0.114. The van der Waals surface area contributed by atoms with E-state index in [0.717, 1.165) is 29.0 Å². The molecule has 58 heavy (non-hydrogen) atoms. The Labute approximate surface area is 339 Å². The summed E-state index contributed by atoms with van der Waals surface area (Å²) in [5.74, 6) is -2.45. The van der Waals surface area contributed by atoms with Gasteiger partial charge in [0.15, 0.2) is 0 Å². The first kappa shape index (κ1) is 43.3. The molecule has 3 amide bonds. The van der Waals surface area contributed by atoms with E-state index in [9.17, 15) is 28.5 Å². The summed E-state index contributed by atoms with van der Waals surface area (Å²) in [5, 5.41) is 3.03. The normalized spacial score (nSPS) is 20.6. The summed E-state index contributed by atoms with van der Waals surface area (Å²) in [4.78, 5) is 73.6. The summed E-state index contributed by atoms with van der Waals surface area (Å²) in [6.07, 6.45) is 6.47. The Morgan fingerprint density at radius 1 is 0.914 bits per heavy atom. The SMILES string of the molecule is CC(C)(C)C(=O)OCOP(=O)(OCOC(=O)C(C)(C)C)C(F)(F)c1ccc2sc(C(=O)N[C@H]3CCC[C@H]4CC[C@@H](C(=O)N5CC(c6cccnc6)C5)N4C3=O)cc2c1. The molecule has 3 aromatic rings. The fourth-order valence-electron chi connectivity index (χ4n) is 7.10. The van der Waals surface area contributed by atoms with Gasteiger partial charge in [-0.2, -0.15) is 8.78 Å². The van der Waals surface area contributed by atoms with Crippen molar-refractivity contribution in [2.45, 2.75) is 103 Å². The number of fused-ring (bicyclic) bond motifs is 2. The second-order valence-corrected chi connectivity index (χ2v) is 20.1. The summed E-state index contributed by atoms with van der Waals surface area (Å²) in [6, 6.07) is 6.96. The third-order valence-corrected chi connectivity index (χ3v) is 13.5. The number of alkyl halides is 2. The first-order valence-corrected chi connectivity index (χ1v) is 21.5. The molecule has 18 heteroatoms. The number of pyridine rings is 1.